The van der Waals surface area contributed by atoms with Crippen LogP contribution in [0.25, 0.3) is 0 Å². The molecule has 0 aromatic heterocycles. The van der Waals surface area contributed by atoms with Gasteiger partial charge in [0.15, 0.2) is 5.96 Å². The highest BCUT2D eigenvalue weighted by Gasteiger charge is 2.05. The average molecular weight is 496 g/mol. The third-order valence-electron chi connectivity index (χ3n) is 3.92. The van der Waals surface area contributed by atoms with Gasteiger partial charge in [-0.25, -0.2) is 4.99 Å². The van der Waals surface area contributed by atoms with Gasteiger partial charge in [-0.15, -0.1) is 24.0 Å². The van der Waals surface area contributed by atoms with Crippen LogP contribution in [0.1, 0.15) is 34.8 Å². The Kier molecular flexibility index (Phi) is 11.0. The summed E-state index contributed by atoms with van der Waals surface area (Å²) in [5.74, 6) is 0.660. The summed E-state index contributed by atoms with van der Waals surface area (Å²) in [5.41, 5.74) is 2.85. The van der Waals surface area contributed by atoms with Gasteiger partial charge in [0.2, 0.25) is 0 Å². The lowest BCUT2D eigenvalue weighted by atomic mass is 10.1. The third-order valence-corrected chi connectivity index (χ3v) is 3.92. The van der Waals surface area contributed by atoms with Gasteiger partial charge in [0.05, 0.1) is 6.54 Å². The van der Waals surface area contributed by atoms with Crippen molar-refractivity contribution in [3.63, 3.8) is 0 Å². The first-order chi connectivity index (χ1) is 13.1. The minimum absolute atomic E-state index is 0. The highest BCUT2D eigenvalue weighted by molar-refractivity contribution is 14.0. The number of aryl methyl sites for hydroxylation is 1. The lowest BCUT2D eigenvalue weighted by molar-refractivity contribution is 0.0953. The van der Waals surface area contributed by atoms with Crippen LogP contribution in [0.3, 0.4) is 0 Å². The Morgan fingerprint density at radius 2 is 1.75 bits per heavy atom. The van der Waals surface area contributed by atoms with Gasteiger partial charge in [-0.3, -0.25) is 4.79 Å². The molecule has 0 atom stereocenters. The zero-order valence-electron chi connectivity index (χ0n) is 16.4. The normalized spacial score (nSPS) is 10.7. The van der Waals surface area contributed by atoms with Crippen molar-refractivity contribution < 1.29 is 9.90 Å². The minimum Gasteiger partial charge on any atom is -0.508 e. The van der Waals surface area contributed by atoms with E-state index in [1.165, 1.54) is 11.6 Å². The highest BCUT2D eigenvalue weighted by atomic mass is 127. The van der Waals surface area contributed by atoms with Crippen molar-refractivity contribution in [2.45, 2.75) is 26.8 Å². The number of carbonyl (C=O) groups is 1. The maximum atomic E-state index is 12.0. The summed E-state index contributed by atoms with van der Waals surface area (Å²) in [6.45, 7) is 6.73. The van der Waals surface area contributed by atoms with E-state index in [1.807, 2.05) is 6.92 Å². The van der Waals surface area contributed by atoms with Crippen LogP contribution in [0.2, 0.25) is 0 Å². The van der Waals surface area contributed by atoms with E-state index in [4.69, 9.17) is 0 Å². The molecule has 2 aromatic rings. The molecular formula is C21H29IN4O2. The van der Waals surface area contributed by atoms with Crippen LogP contribution in [0.5, 0.6) is 5.75 Å². The van der Waals surface area contributed by atoms with Crippen molar-refractivity contribution in [1.82, 2.24) is 16.0 Å². The van der Waals surface area contributed by atoms with Gasteiger partial charge in [0, 0.05) is 25.2 Å². The molecule has 0 heterocycles. The van der Waals surface area contributed by atoms with E-state index in [9.17, 15) is 9.90 Å². The maximum Gasteiger partial charge on any atom is 0.251 e. The van der Waals surface area contributed by atoms with Gasteiger partial charge >= 0.3 is 0 Å². The number of nitrogens with one attached hydrogen (secondary N) is 3. The van der Waals surface area contributed by atoms with Crippen molar-refractivity contribution in [2.24, 2.45) is 4.99 Å². The number of aliphatic imine (C=N–C) groups is 1. The number of nitrogens with zero attached hydrogens (tertiary/aromatic N) is 1. The standard InChI is InChI=1S/C21H28N4O2.HI/c1-3-22-21(25-15-17-10-8-16(2)9-11-17)24-13-5-12-23-20(27)18-6-4-7-19(26)14-18;/h4,6-11,14,26H,3,5,12-13,15H2,1-2H3,(H,23,27)(H2,22,24,25);1H. The molecule has 0 fully saturated rings. The van der Waals surface area contributed by atoms with Gasteiger partial charge in [-0.2, -0.15) is 0 Å². The summed E-state index contributed by atoms with van der Waals surface area (Å²) < 4.78 is 0. The summed E-state index contributed by atoms with van der Waals surface area (Å²) in [4.78, 5) is 16.6. The lowest BCUT2D eigenvalue weighted by Gasteiger charge is -2.12. The van der Waals surface area contributed by atoms with Crippen molar-refractivity contribution in [1.29, 1.82) is 0 Å². The van der Waals surface area contributed by atoms with E-state index < -0.39 is 0 Å². The van der Waals surface area contributed by atoms with E-state index in [0.29, 0.717) is 25.2 Å². The molecule has 152 valence electrons. The van der Waals surface area contributed by atoms with E-state index >= 15 is 0 Å². The molecule has 2 rings (SSSR count). The van der Waals surface area contributed by atoms with Crippen LogP contribution in [-0.4, -0.2) is 36.6 Å². The molecule has 0 aliphatic heterocycles. The van der Waals surface area contributed by atoms with Crippen LogP contribution >= 0.6 is 24.0 Å². The zero-order chi connectivity index (χ0) is 19.5. The van der Waals surface area contributed by atoms with Crippen molar-refractivity contribution in [3.05, 3.63) is 65.2 Å². The van der Waals surface area contributed by atoms with Crippen molar-refractivity contribution >= 4 is 35.8 Å². The van der Waals surface area contributed by atoms with Gasteiger partial charge in [0.1, 0.15) is 5.75 Å². The third kappa shape index (κ3) is 8.60. The topological polar surface area (TPSA) is 85.8 Å². The largest absolute Gasteiger partial charge is 0.508 e. The molecule has 0 unspecified atom stereocenters. The Morgan fingerprint density at radius 3 is 2.43 bits per heavy atom. The summed E-state index contributed by atoms with van der Waals surface area (Å²) in [7, 11) is 0. The van der Waals surface area contributed by atoms with Crippen LogP contribution in [0.15, 0.2) is 53.5 Å². The van der Waals surface area contributed by atoms with Crippen molar-refractivity contribution in [2.75, 3.05) is 19.6 Å². The van der Waals surface area contributed by atoms with Gasteiger partial charge in [0.25, 0.3) is 5.91 Å². The number of hydrogen-bond donors (Lipinski definition) is 4. The molecule has 4 N–H and O–H groups in total. The SMILES string of the molecule is CCNC(=NCc1ccc(C)cc1)NCCCNC(=O)c1cccc(O)c1.I. The molecular weight excluding hydrogens is 467 g/mol. The van der Waals surface area contributed by atoms with Gasteiger partial charge < -0.3 is 21.1 Å². The minimum atomic E-state index is -0.189. The Hall–Kier alpha value is -2.29. The first-order valence-corrected chi connectivity index (χ1v) is 9.23. The predicted octanol–water partition coefficient (Wildman–Crippen LogP) is 3.19. The molecule has 28 heavy (non-hydrogen) atoms. The predicted molar refractivity (Wildman–Crippen MR) is 124 cm³/mol. The molecule has 1 amide bonds. The molecule has 0 saturated carbocycles. The van der Waals surface area contributed by atoms with Gasteiger partial charge in [-0.1, -0.05) is 35.9 Å². The number of guanidine groups is 1. The summed E-state index contributed by atoms with van der Waals surface area (Å²) in [6, 6.07) is 14.7. The second-order valence-corrected chi connectivity index (χ2v) is 6.27. The number of benzene rings is 2. The smallest absolute Gasteiger partial charge is 0.251 e. The number of carbonyl (C=O) groups excluding carboxylic acids is 1. The fraction of sp³-hybridized carbons (Fsp3) is 0.333. The molecule has 0 radical (unpaired) electrons. The molecule has 2 aromatic carbocycles. The number of amides is 1. The van der Waals surface area contributed by atoms with Gasteiger partial charge in [-0.05, 0) is 44.0 Å². The fourth-order valence-corrected chi connectivity index (χ4v) is 2.45. The van der Waals surface area contributed by atoms with Crippen LogP contribution < -0.4 is 16.0 Å². The van der Waals surface area contributed by atoms with E-state index in [1.54, 1.807) is 18.2 Å². The summed E-state index contributed by atoms with van der Waals surface area (Å²) in [6.07, 6.45) is 0.763. The molecule has 7 heteroatoms. The number of hydrogen-bond acceptors (Lipinski definition) is 3. The van der Waals surface area contributed by atoms with Crippen molar-refractivity contribution in [3.8, 4) is 5.75 Å². The number of halogens is 1. The fourth-order valence-electron chi connectivity index (χ4n) is 2.45. The number of phenolic OH excluding ortho intramolecular Hbond substituents is 1. The first kappa shape index (κ1) is 23.7. The highest BCUT2D eigenvalue weighted by Crippen LogP contribution is 2.10. The molecule has 0 aliphatic rings. The Bertz CT molecular complexity index is 763. The number of aromatic hydroxyl groups is 1. The Morgan fingerprint density at radius 1 is 1.04 bits per heavy atom. The van der Waals surface area contributed by atoms with E-state index in [-0.39, 0.29) is 35.6 Å². The first-order valence-electron chi connectivity index (χ1n) is 9.23. The van der Waals surface area contributed by atoms with Crippen LogP contribution in [0.4, 0.5) is 0 Å². The van der Waals surface area contributed by atoms with Crippen LogP contribution in [-0.2, 0) is 6.54 Å². The number of rotatable bonds is 8. The zero-order valence-corrected chi connectivity index (χ0v) is 18.7. The van der Waals surface area contributed by atoms with Crippen LogP contribution in [0, 0.1) is 6.92 Å². The molecule has 0 bridgehead atoms. The molecule has 6 nitrogen and oxygen atoms in total. The maximum absolute atomic E-state index is 12.0. The molecule has 0 spiro atoms. The Balaban J connectivity index is 0.00000392. The number of phenols is 1. The van der Waals surface area contributed by atoms with E-state index in [0.717, 1.165) is 24.5 Å². The van der Waals surface area contributed by atoms with E-state index in [2.05, 4.69) is 52.1 Å². The lowest BCUT2D eigenvalue weighted by Crippen LogP contribution is -2.38. The summed E-state index contributed by atoms with van der Waals surface area (Å²) >= 11 is 0. The average Bonchev–Trinajstić information content (AvgIpc) is 2.66. The Labute approximate surface area is 183 Å². The second kappa shape index (κ2) is 13.0. The quantitative estimate of drug-likeness (QED) is 0.196. The second-order valence-electron chi connectivity index (χ2n) is 6.27. The molecule has 0 aliphatic carbocycles. The monoisotopic (exact) mass is 496 g/mol. The molecule has 0 saturated heterocycles. The summed E-state index contributed by atoms with van der Waals surface area (Å²) in [5, 5.41) is 18.8.